The van der Waals surface area contributed by atoms with Crippen molar-refractivity contribution in [3.8, 4) is 0 Å². The first-order chi connectivity index (χ1) is 5.57. The van der Waals surface area contributed by atoms with E-state index >= 15 is 0 Å². The molecule has 0 radical (unpaired) electrons. The summed E-state index contributed by atoms with van der Waals surface area (Å²) in [5.74, 6) is -4.15. The molecule has 0 N–H and O–H groups in total. The van der Waals surface area contributed by atoms with Crippen LogP contribution in [0.2, 0.25) is 5.02 Å². The van der Waals surface area contributed by atoms with Crippen molar-refractivity contribution in [2.24, 2.45) is 0 Å². The largest absolute Gasteiger partial charge is 0.298 e. The molecule has 0 unspecified atom stereocenters. The number of rotatable bonds is 1. The quantitative estimate of drug-likeness (QED) is 0.382. The van der Waals surface area contributed by atoms with Crippen molar-refractivity contribution in [3.63, 3.8) is 0 Å². The summed E-state index contributed by atoms with van der Waals surface area (Å²) in [6.45, 7) is 0. The van der Waals surface area contributed by atoms with Crippen molar-refractivity contribution < 1.29 is 18.0 Å². The van der Waals surface area contributed by atoms with Gasteiger partial charge in [0.05, 0.1) is 10.6 Å². The summed E-state index contributed by atoms with van der Waals surface area (Å²) >= 11 is 5.08. The minimum Gasteiger partial charge on any atom is -0.298 e. The second-order valence-corrected chi connectivity index (χ2v) is 2.41. The van der Waals surface area contributed by atoms with Gasteiger partial charge in [-0.15, -0.1) is 0 Å². The van der Waals surface area contributed by atoms with E-state index in [-0.39, 0.29) is 6.29 Å². The fourth-order valence-electron chi connectivity index (χ4n) is 0.688. The molecular weight excluding hydrogens is 193 g/mol. The van der Waals surface area contributed by atoms with Gasteiger partial charge in [-0.05, 0) is 6.07 Å². The predicted molar refractivity (Wildman–Crippen MR) is 36.7 cm³/mol. The number of carbonyl (C=O) groups is 1. The van der Waals surface area contributed by atoms with Crippen LogP contribution in [0, 0.1) is 17.5 Å². The van der Waals surface area contributed by atoms with Gasteiger partial charge in [0.15, 0.2) is 17.9 Å². The molecule has 64 valence electrons. The maximum Gasteiger partial charge on any atom is 0.178 e. The number of aldehydes is 1. The monoisotopic (exact) mass is 194 g/mol. The molecule has 0 saturated heterocycles. The van der Waals surface area contributed by atoms with Gasteiger partial charge in [0, 0.05) is 0 Å². The van der Waals surface area contributed by atoms with Gasteiger partial charge in [-0.1, -0.05) is 11.6 Å². The summed E-state index contributed by atoms with van der Waals surface area (Å²) in [7, 11) is 0. The fraction of sp³-hybridized carbons (Fsp3) is 0. The molecule has 0 heterocycles. The molecule has 1 aromatic carbocycles. The Morgan fingerprint density at radius 1 is 1.25 bits per heavy atom. The lowest BCUT2D eigenvalue weighted by atomic mass is 10.2. The predicted octanol–water partition coefficient (Wildman–Crippen LogP) is 2.57. The van der Waals surface area contributed by atoms with Crippen LogP contribution in [-0.4, -0.2) is 6.29 Å². The second kappa shape index (κ2) is 3.15. The average molecular weight is 195 g/mol. The number of hydrogen-bond donors (Lipinski definition) is 0. The number of benzene rings is 1. The Kier molecular flexibility index (Phi) is 2.38. The van der Waals surface area contributed by atoms with Crippen LogP contribution < -0.4 is 0 Å². The van der Waals surface area contributed by atoms with Gasteiger partial charge in [0.2, 0.25) is 0 Å². The van der Waals surface area contributed by atoms with Crippen molar-refractivity contribution >= 4 is 17.9 Å². The number of carbonyl (C=O) groups excluding carboxylic acids is 1. The van der Waals surface area contributed by atoms with E-state index in [1.54, 1.807) is 0 Å². The van der Waals surface area contributed by atoms with E-state index in [0.29, 0.717) is 6.07 Å². The summed E-state index contributed by atoms with van der Waals surface area (Å²) < 4.78 is 37.7. The van der Waals surface area contributed by atoms with Crippen LogP contribution in [0.3, 0.4) is 0 Å². The Morgan fingerprint density at radius 2 is 1.83 bits per heavy atom. The third-order valence-electron chi connectivity index (χ3n) is 1.27. The molecule has 5 heteroatoms. The van der Waals surface area contributed by atoms with E-state index in [2.05, 4.69) is 0 Å². The van der Waals surface area contributed by atoms with E-state index < -0.39 is 28.0 Å². The molecule has 0 fully saturated rings. The Morgan fingerprint density at radius 3 is 2.33 bits per heavy atom. The van der Waals surface area contributed by atoms with Crippen LogP contribution in [0.4, 0.5) is 13.2 Å². The number of hydrogen-bond acceptors (Lipinski definition) is 1. The van der Waals surface area contributed by atoms with E-state index in [0.717, 1.165) is 0 Å². The molecule has 0 bridgehead atoms. The molecule has 0 spiro atoms. The Labute approximate surface area is 70.8 Å². The molecule has 0 aliphatic rings. The van der Waals surface area contributed by atoms with Gasteiger partial charge in [-0.3, -0.25) is 4.79 Å². The summed E-state index contributed by atoms with van der Waals surface area (Å²) in [5, 5.41) is -0.685. The zero-order valence-corrected chi connectivity index (χ0v) is 6.33. The van der Waals surface area contributed by atoms with Gasteiger partial charge < -0.3 is 0 Å². The normalized spacial score (nSPS) is 10.0. The van der Waals surface area contributed by atoms with Gasteiger partial charge in [0.1, 0.15) is 5.82 Å². The van der Waals surface area contributed by atoms with Crippen molar-refractivity contribution in [3.05, 3.63) is 34.1 Å². The summed E-state index contributed by atoms with van der Waals surface area (Å²) in [5.41, 5.74) is -0.947. The standard InChI is InChI=1S/C7H2ClF3O/c8-4-1-5(9)3(2-12)6(10)7(4)11/h1-2H. The van der Waals surface area contributed by atoms with Gasteiger partial charge in [-0.2, -0.15) is 0 Å². The van der Waals surface area contributed by atoms with E-state index in [1.807, 2.05) is 0 Å². The smallest absolute Gasteiger partial charge is 0.178 e. The van der Waals surface area contributed by atoms with Crippen molar-refractivity contribution in [2.45, 2.75) is 0 Å². The Hall–Kier alpha value is -1.03. The molecule has 1 nitrogen and oxygen atoms in total. The Balaban J connectivity index is 3.51. The fourth-order valence-corrected chi connectivity index (χ4v) is 0.867. The second-order valence-electron chi connectivity index (χ2n) is 2.00. The highest BCUT2D eigenvalue weighted by atomic mass is 35.5. The highest BCUT2D eigenvalue weighted by Gasteiger charge is 2.16. The van der Waals surface area contributed by atoms with Crippen LogP contribution in [0.15, 0.2) is 6.07 Å². The molecule has 0 aliphatic carbocycles. The third-order valence-corrected chi connectivity index (χ3v) is 1.54. The van der Waals surface area contributed by atoms with Crippen molar-refractivity contribution in [2.75, 3.05) is 0 Å². The molecule has 12 heavy (non-hydrogen) atoms. The third kappa shape index (κ3) is 1.30. The molecule has 1 rings (SSSR count). The first kappa shape index (κ1) is 9.06. The summed E-state index contributed by atoms with van der Waals surface area (Å²) in [6.07, 6.45) is -0.107. The van der Waals surface area contributed by atoms with Crippen LogP contribution >= 0.6 is 11.6 Å². The lowest BCUT2D eigenvalue weighted by molar-refractivity contribution is 0.111. The maximum absolute atomic E-state index is 12.6. The minimum atomic E-state index is -1.56. The molecule has 0 atom stereocenters. The van der Waals surface area contributed by atoms with Crippen molar-refractivity contribution in [1.82, 2.24) is 0 Å². The lowest BCUT2D eigenvalue weighted by Gasteiger charge is -1.99. The average Bonchev–Trinajstić information content (AvgIpc) is 2.01. The highest BCUT2D eigenvalue weighted by Crippen LogP contribution is 2.22. The molecule has 0 saturated carbocycles. The molecule has 1 aromatic rings. The van der Waals surface area contributed by atoms with Crippen LogP contribution in [-0.2, 0) is 0 Å². The lowest BCUT2D eigenvalue weighted by Crippen LogP contribution is -1.98. The minimum absolute atomic E-state index is 0.107. The van der Waals surface area contributed by atoms with Gasteiger partial charge in [-0.25, -0.2) is 13.2 Å². The maximum atomic E-state index is 12.6. The summed E-state index contributed by atoms with van der Waals surface area (Å²) in [4.78, 5) is 10.0. The van der Waals surface area contributed by atoms with Crippen LogP contribution in [0.5, 0.6) is 0 Å². The zero-order chi connectivity index (χ0) is 9.30. The zero-order valence-electron chi connectivity index (χ0n) is 5.57. The molecule has 0 amide bonds. The topological polar surface area (TPSA) is 17.1 Å². The Bertz CT molecular complexity index is 338. The number of halogens is 4. The molecular formula is C7H2ClF3O. The first-order valence-electron chi connectivity index (χ1n) is 2.86. The SMILES string of the molecule is O=Cc1c(F)cc(Cl)c(F)c1F. The highest BCUT2D eigenvalue weighted by molar-refractivity contribution is 6.30. The van der Waals surface area contributed by atoms with E-state index in [1.165, 1.54) is 0 Å². The van der Waals surface area contributed by atoms with Gasteiger partial charge in [0.25, 0.3) is 0 Å². The van der Waals surface area contributed by atoms with E-state index in [4.69, 9.17) is 11.6 Å². The van der Waals surface area contributed by atoms with Crippen LogP contribution in [0.1, 0.15) is 10.4 Å². The summed E-state index contributed by atoms with van der Waals surface area (Å²) in [6, 6.07) is 0.545. The van der Waals surface area contributed by atoms with Gasteiger partial charge >= 0.3 is 0 Å². The van der Waals surface area contributed by atoms with E-state index in [9.17, 15) is 18.0 Å². The molecule has 0 aromatic heterocycles. The van der Waals surface area contributed by atoms with Crippen molar-refractivity contribution in [1.29, 1.82) is 0 Å². The van der Waals surface area contributed by atoms with Crippen LogP contribution in [0.25, 0.3) is 0 Å². The molecule has 0 aliphatic heterocycles. The first-order valence-corrected chi connectivity index (χ1v) is 3.24.